The van der Waals surface area contributed by atoms with E-state index in [4.69, 9.17) is 4.74 Å². The van der Waals surface area contributed by atoms with Gasteiger partial charge in [0.25, 0.3) is 0 Å². The maximum atomic E-state index is 13.7. The molecular weight excluding hydrogens is 323 g/mol. The molecule has 3 rings (SSSR count). The van der Waals surface area contributed by atoms with Crippen LogP contribution in [0.3, 0.4) is 0 Å². The molecule has 0 fully saturated rings. The lowest BCUT2D eigenvalue weighted by Gasteiger charge is -2.09. The number of carbonyl (C=O) groups is 1. The Morgan fingerprint density at radius 3 is 2.56 bits per heavy atom. The summed E-state index contributed by atoms with van der Waals surface area (Å²) in [5, 5.41) is 11.2. The summed E-state index contributed by atoms with van der Waals surface area (Å²) in [6.07, 6.45) is 1.62. The van der Waals surface area contributed by atoms with Gasteiger partial charge in [-0.1, -0.05) is 48.5 Å². The number of nitrogens with zero attached hydrogens (tertiary/aromatic N) is 4. The smallest absolute Gasteiger partial charge is 0.357 e. The average Bonchev–Trinajstić information content (AvgIpc) is 3.05. The molecular formula is C18H15FN4O2. The molecule has 0 atom stereocenters. The van der Waals surface area contributed by atoms with E-state index in [0.717, 1.165) is 5.56 Å². The van der Waals surface area contributed by atoms with Gasteiger partial charge in [-0.2, -0.15) is 4.68 Å². The third-order valence-corrected chi connectivity index (χ3v) is 3.48. The fourth-order valence-corrected chi connectivity index (χ4v) is 2.20. The van der Waals surface area contributed by atoms with Gasteiger partial charge in [0.1, 0.15) is 12.4 Å². The van der Waals surface area contributed by atoms with Crippen LogP contribution in [-0.4, -0.2) is 26.2 Å². The molecule has 3 aromatic rings. The van der Waals surface area contributed by atoms with E-state index in [0.29, 0.717) is 11.4 Å². The molecule has 0 saturated heterocycles. The van der Waals surface area contributed by atoms with Gasteiger partial charge in [0.05, 0.1) is 0 Å². The Kier molecular flexibility index (Phi) is 4.94. The van der Waals surface area contributed by atoms with Crippen LogP contribution in [0, 0.1) is 12.7 Å². The van der Waals surface area contributed by atoms with Gasteiger partial charge >= 0.3 is 5.97 Å². The van der Waals surface area contributed by atoms with E-state index in [2.05, 4.69) is 15.5 Å². The fourth-order valence-electron chi connectivity index (χ4n) is 2.20. The predicted molar refractivity (Wildman–Crippen MR) is 89.4 cm³/mol. The molecule has 0 radical (unpaired) electrons. The summed E-state index contributed by atoms with van der Waals surface area (Å²) < 4.78 is 20.2. The second-order valence-corrected chi connectivity index (χ2v) is 5.25. The van der Waals surface area contributed by atoms with E-state index in [1.807, 2.05) is 30.3 Å². The van der Waals surface area contributed by atoms with E-state index in [1.54, 1.807) is 31.2 Å². The normalized spacial score (nSPS) is 11.4. The molecule has 1 heterocycles. The maximum Gasteiger partial charge on any atom is 0.357 e. The molecule has 126 valence electrons. The Morgan fingerprint density at radius 1 is 1.16 bits per heavy atom. The molecule has 0 aliphatic heterocycles. The number of halogens is 1. The van der Waals surface area contributed by atoms with Gasteiger partial charge < -0.3 is 4.74 Å². The summed E-state index contributed by atoms with van der Waals surface area (Å²) in [5.41, 5.74) is 1.23. The zero-order valence-corrected chi connectivity index (χ0v) is 13.5. The van der Waals surface area contributed by atoms with E-state index in [-0.39, 0.29) is 12.3 Å². The minimum absolute atomic E-state index is 0.144. The number of tetrazole rings is 1. The molecule has 0 spiro atoms. The van der Waals surface area contributed by atoms with Gasteiger partial charge in [-0.05, 0) is 35.1 Å². The first-order valence-electron chi connectivity index (χ1n) is 7.58. The van der Waals surface area contributed by atoms with Gasteiger partial charge in [0.2, 0.25) is 0 Å². The number of aromatic nitrogens is 4. The maximum absolute atomic E-state index is 13.7. The third-order valence-electron chi connectivity index (χ3n) is 3.48. The minimum Gasteiger partial charge on any atom is -0.456 e. The number of rotatable bonds is 5. The molecule has 2 aromatic carbocycles. The highest BCUT2D eigenvalue weighted by Gasteiger charge is 2.18. The molecule has 0 saturated carbocycles. The first kappa shape index (κ1) is 16.5. The second-order valence-electron chi connectivity index (χ2n) is 5.25. The van der Waals surface area contributed by atoms with E-state index >= 15 is 0 Å². The molecule has 0 bridgehead atoms. The van der Waals surface area contributed by atoms with Crippen molar-refractivity contribution < 1.29 is 13.9 Å². The van der Waals surface area contributed by atoms with Crippen molar-refractivity contribution in [3.05, 3.63) is 77.4 Å². The molecule has 0 aliphatic rings. The van der Waals surface area contributed by atoms with E-state index in [9.17, 15) is 9.18 Å². The van der Waals surface area contributed by atoms with Crippen molar-refractivity contribution in [2.24, 2.45) is 0 Å². The Balaban J connectivity index is 1.87. The highest BCUT2D eigenvalue weighted by molar-refractivity contribution is 6.15. The number of hydrogen-bond donors (Lipinski definition) is 0. The zero-order chi connectivity index (χ0) is 17.6. The summed E-state index contributed by atoms with van der Waals surface area (Å²) in [7, 11) is 0. The monoisotopic (exact) mass is 338 g/mol. The molecule has 1 aromatic heterocycles. The van der Waals surface area contributed by atoms with Crippen LogP contribution in [0.5, 0.6) is 0 Å². The van der Waals surface area contributed by atoms with Gasteiger partial charge in [0, 0.05) is 5.56 Å². The van der Waals surface area contributed by atoms with Crippen molar-refractivity contribution in [3.8, 4) is 0 Å². The largest absolute Gasteiger partial charge is 0.456 e. The summed E-state index contributed by atoms with van der Waals surface area (Å²) in [6.45, 7) is 1.49. The van der Waals surface area contributed by atoms with E-state index < -0.39 is 11.8 Å². The molecule has 7 heteroatoms. The highest BCUT2D eigenvalue weighted by atomic mass is 19.1. The lowest BCUT2D eigenvalue weighted by molar-refractivity contribution is -0.138. The van der Waals surface area contributed by atoms with Crippen LogP contribution in [0.2, 0.25) is 0 Å². The van der Waals surface area contributed by atoms with Crippen molar-refractivity contribution in [2.45, 2.75) is 13.5 Å². The van der Waals surface area contributed by atoms with Gasteiger partial charge in [-0.3, -0.25) is 0 Å². The molecule has 0 aliphatic carbocycles. The zero-order valence-electron chi connectivity index (χ0n) is 13.5. The first-order chi connectivity index (χ1) is 12.1. The minimum atomic E-state index is -0.650. The lowest BCUT2D eigenvalue weighted by atomic mass is 10.2. The fraction of sp³-hybridized carbons (Fsp3) is 0.111. The first-order valence-corrected chi connectivity index (χ1v) is 7.58. The van der Waals surface area contributed by atoms with Crippen LogP contribution in [0.4, 0.5) is 4.39 Å². The quantitative estimate of drug-likeness (QED) is 0.528. The van der Waals surface area contributed by atoms with Crippen molar-refractivity contribution in [1.82, 2.24) is 20.2 Å². The Morgan fingerprint density at radius 2 is 1.88 bits per heavy atom. The molecule has 6 nitrogen and oxygen atoms in total. The standard InChI is InChI=1S/C18H15FN4O2/c1-13-20-21-22-23(13)17(11-14-7-3-2-4-8-14)18(24)25-12-15-9-5-6-10-16(15)19/h2-11H,12H2,1H3. The van der Waals surface area contributed by atoms with Crippen LogP contribution < -0.4 is 0 Å². The molecule has 0 unspecified atom stereocenters. The third kappa shape index (κ3) is 3.95. The summed E-state index contributed by atoms with van der Waals surface area (Å²) in [5.74, 6) is -0.643. The number of benzene rings is 2. The van der Waals surface area contributed by atoms with Crippen molar-refractivity contribution in [1.29, 1.82) is 0 Å². The average molecular weight is 338 g/mol. The van der Waals surface area contributed by atoms with Gasteiger partial charge in [0.15, 0.2) is 11.5 Å². The molecule has 0 N–H and O–H groups in total. The Hall–Kier alpha value is -3.35. The number of hydrogen-bond acceptors (Lipinski definition) is 5. The van der Waals surface area contributed by atoms with Crippen LogP contribution in [-0.2, 0) is 16.1 Å². The number of esters is 1. The second kappa shape index (κ2) is 7.48. The van der Waals surface area contributed by atoms with Crippen LogP contribution >= 0.6 is 0 Å². The number of ether oxygens (including phenoxy) is 1. The van der Waals surface area contributed by atoms with Crippen molar-refractivity contribution >= 4 is 17.7 Å². The predicted octanol–water partition coefficient (Wildman–Crippen LogP) is 2.86. The van der Waals surface area contributed by atoms with E-state index in [1.165, 1.54) is 10.7 Å². The SMILES string of the molecule is Cc1nnnn1C(=Cc1ccccc1)C(=O)OCc1ccccc1F. The lowest BCUT2D eigenvalue weighted by Crippen LogP contribution is -2.15. The van der Waals surface area contributed by atoms with Crippen LogP contribution in [0.15, 0.2) is 54.6 Å². The van der Waals surface area contributed by atoms with Crippen LogP contribution in [0.25, 0.3) is 11.8 Å². The summed E-state index contributed by atoms with van der Waals surface area (Å²) in [6, 6.07) is 15.4. The summed E-state index contributed by atoms with van der Waals surface area (Å²) in [4.78, 5) is 12.6. The Bertz CT molecular complexity index is 906. The highest BCUT2D eigenvalue weighted by Crippen LogP contribution is 2.15. The van der Waals surface area contributed by atoms with Crippen LogP contribution in [0.1, 0.15) is 17.0 Å². The molecule has 0 amide bonds. The number of aryl methyl sites for hydroxylation is 1. The van der Waals surface area contributed by atoms with Crippen molar-refractivity contribution in [2.75, 3.05) is 0 Å². The Labute approximate surface area is 143 Å². The van der Waals surface area contributed by atoms with Gasteiger partial charge in [-0.15, -0.1) is 5.10 Å². The summed E-state index contributed by atoms with van der Waals surface area (Å²) >= 11 is 0. The number of carbonyl (C=O) groups excluding carboxylic acids is 1. The van der Waals surface area contributed by atoms with Crippen molar-refractivity contribution in [3.63, 3.8) is 0 Å². The van der Waals surface area contributed by atoms with Gasteiger partial charge in [-0.25, -0.2) is 9.18 Å². The topological polar surface area (TPSA) is 69.9 Å². The molecule has 25 heavy (non-hydrogen) atoms.